The van der Waals surface area contributed by atoms with Crippen LogP contribution in [-0.4, -0.2) is 62.7 Å². The molecule has 2 aromatic carbocycles. The molecule has 7 nitrogen and oxygen atoms in total. The van der Waals surface area contributed by atoms with Crippen LogP contribution in [0.4, 0.5) is 11.4 Å². The minimum atomic E-state index is -0.401. The third-order valence-corrected chi connectivity index (χ3v) is 6.67. The number of carbonyl (C=O) groups excluding carboxylic acids is 2. The van der Waals surface area contributed by atoms with Crippen molar-refractivity contribution in [3.8, 4) is 11.5 Å². The van der Waals surface area contributed by atoms with E-state index in [-0.39, 0.29) is 18.2 Å². The number of imide groups is 1. The third-order valence-electron chi connectivity index (χ3n) is 6.67. The smallest absolute Gasteiger partial charge is 0.251 e. The fourth-order valence-electron chi connectivity index (χ4n) is 4.75. The average Bonchev–Trinajstić information content (AvgIpc) is 3.18. The van der Waals surface area contributed by atoms with Gasteiger partial charge in [-0.2, -0.15) is 0 Å². The van der Waals surface area contributed by atoms with Crippen molar-refractivity contribution in [2.45, 2.75) is 45.1 Å². The average molecular weight is 466 g/mol. The van der Waals surface area contributed by atoms with Crippen molar-refractivity contribution in [2.24, 2.45) is 0 Å². The van der Waals surface area contributed by atoms with Gasteiger partial charge in [0, 0.05) is 26.2 Å². The van der Waals surface area contributed by atoms with Crippen molar-refractivity contribution in [1.29, 1.82) is 0 Å². The van der Waals surface area contributed by atoms with Crippen LogP contribution in [0, 0.1) is 0 Å². The summed E-state index contributed by atoms with van der Waals surface area (Å²) in [5.41, 5.74) is 1.68. The molecule has 2 fully saturated rings. The number of unbranched alkanes of at least 4 members (excludes halogenated alkanes) is 3. The first-order valence-corrected chi connectivity index (χ1v) is 12.3. The molecular weight excluding hydrogens is 430 g/mol. The maximum Gasteiger partial charge on any atom is 0.251 e. The summed E-state index contributed by atoms with van der Waals surface area (Å²) in [6, 6.07) is 14.9. The van der Waals surface area contributed by atoms with E-state index in [2.05, 4.69) is 22.8 Å². The lowest BCUT2D eigenvalue weighted by Crippen LogP contribution is -2.52. The minimum Gasteiger partial charge on any atom is -0.495 e. The van der Waals surface area contributed by atoms with Crippen molar-refractivity contribution in [3.63, 3.8) is 0 Å². The van der Waals surface area contributed by atoms with Crippen LogP contribution in [0.3, 0.4) is 0 Å². The molecule has 2 heterocycles. The zero-order valence-electron chi connectivity index (χ0n) is 20.2. The first-order chi connectivity index (χ1) is 16.6. The standard InChI is InChI=1S/C27H35N3O4/c1-3-4-5-8-19-34-22-13-11-21(12-14-22)30-26(31)20-24(27(30)32)29-17-15-28(16-18-29)23-9-6-7-10-25(23)33-2/h6-7,9-14,24H,3-5,8,15-20H2,1-2H3. The van der Waals surface area contributed by atoms with Gasteiger partial charge < -0.3 is 14.4 Å². The van der Waals surface area contributed by atoms with Gasteiger partial charge in [-0.05, 0) is 42.8 Å². The number of piperazine rings is 1. The molecule has 0 saturated carbocycles. The topological polar surface area (TPSA) is 62.3 Å². The van der Waals surface area contributed by atoms with Crippen LogP contribution in [-0.2, 0) is 9.59 Å². The normalized spacial score (nSPS) is 19.1. The molecule has 7 heteroatoms. The SMILES string of the molecule is CCCCCCOc1ccc(N2C(=O)CC(N3CCN(c4ccccc4OC)CC3)C2=O)cc1. The molecule has 0 aromatic heterocycles. The van der Waals surface area contributed by atoms with Gasteiger partial charge in [0.15, 0.2) is 0 Å². The lowest BCUT2D eigenvalue weighted by Gasteiger charge is -2.38. The van der Waals surface area contributed by atoms with Crippen LogP contribution in [0.25, 0.3) is 0 Å². The van der Waals surface area contributed by atoms with Crippen molar-refractivity contribution < 1.29 is 19.1 Å². The van der Waals surface area contributed by atoms with Gasteiger partial charge in [-0.3, -0.25) is 14.5 Å². The fraction of sp³-hybridized carbons (Fsp3) is 0.481. The number of benzene rings is 2. The van der Waals surface area contributed by atoms with Crippen LogP contribution in [0.15, 0.2) is 48.5 Å². The molecule has 1 unspecified atom stereocenters. The summed E-state index contributed by atoms with van der Waals surface area (Å²) in [7, 11) is 1.68. The monoisotopic (exact) mass is 465 g/mol. The highest BCUT2D eigenvalue weighted by atomic mass is 16.5. The van der Waals surface area contributed by atoms with E-state index in [0.29, 0.717) is 12.3 Å². The molecule has 0 spiro atoms. The number of amides is 2. The first-order valence-electron chi connectivity index (χ1n) is 12.3. The van der Waals surface area contributed by atoms with Gasteiger partial charge in [-0.1, -0.05) is 38.3 Å². The summed E-state index contributed by atoms with van der Waals surface area (Å²) >= 11 is 0. The molecule has 0 radical (unpaired) electrons. The summed E-state index contributed by atoms with van der Waals surface area (Å²) in [6.07, 6.45) is 4.84. The Hall–Kier alpha value is -3.06. The molecule has 0 bridgehead atoms. The molecule has 2 saturated heterocycles. The van der Waals surface area contributed by atoms with E-state index in [9.17, 15) is 9.59 Å². The lowest BCUT2D eigenvalue weighted by atomic mass is 10.1. The molecule has 2 aliphatic heterocycles. The predicted molar refractivity (Wildman–Crippen MR) is 134 cm³/mol. The van der Waals surface area contributed by atoms with Crippen LogP contribution in [0.2, 0.25) is 0 Å². The maximum absolute atomic E-state index is 13.2. The maximum atomic E-state index is 13.2. The zero-order valence-corrected chi connectivity index (χ0v) is 20.2. The van der Waals surface area contributed by atoms with Crippen molar-refractivity contribution in [3.05, 3.63) is 48.5 Å². The summed E-state index contributed by atoms with van der Waals surface area (Å²) in [5.74, 6) is 1.34. The Labute approximate surface area is 202 Å². The molecule has 1 atom stereocenters. The molecule has 2 aliphatic rings. The molecule has 2 aromatic rings. The number of hydrogen-bond acceptors (Lipinski definition) is 6. The first kappa shape index (κ1) is 24.1. The van der Waals surface area contributed by atoms with Gasteiger partial charge in [0.25, 0.3) is 5.91 Å². The molecule has 34 heavy (non-hydrogen) atoms. The largest absolute Gasteiger partial charge is 0.495 e. The summed E-state index contributed by atoms with van der Waals surface area (Å²) in [5, 5.41) is 0. The van der Waals surface area contributed by atoms with Gasteiger partial charge in [-0.15, -0.1) is 0 Å². The number of carbonyl (C=O) groups is 2. The molecule has 2 amide bonds. The highest BCUT2D eigenvalue weighted by Gasteiger charge is 2.43. The summed E-state index contributed by atoms with van der Waals surface area (Å²) < 4.78 is 11.3. The number of hydrogen-bond donors (Lipinski definition) is 0. The van der Waals surface area contributed by atoms with E-state index >= 15 is 0 Å². The number of anilines is 2. The molecule has 4 rings (SSSR count). The van der Waals surface area contributed by atoms with E-state index in [1.54, 1.807) is 19.2 Å². The second-order valence-electron chi connectivity index (χ2n) is 8.89. The van der Waals surface area contributed by atoms with Gasteiger partial charge in [0.2, 0.25) is 5.91 Å². The molecular formula is C27H35N3O4. The van der Waals surface area contributed by atoms with Gasteiger partial charge in [0.05, 0.1) is 37.6 Å². The Kier molecular flexibility index (Phi) is 8.06. The molecule has 182 valence electrons. The van der Waals surface area contributed by atoms with E-state index in [1.165, 1.54) is 24.2 Å². The molecule has 0 aliphatic carbocycles. The van der Waals surface area contributed by atoms with Crippen LogP contribution in [0.1, 0.15) is 39.0 Å². The summed E-state index contributed by atoms with van der Waals surface area (Å²) in [6.45, 7) is 5.88. The minimum absolute atomic E-state index is 0.135. The second kappa shape index (κ2) is 11.4. The van der Waals surface area contributed by atoms with Gasteiger partial charge in [0.1, 0.15) is 11.5 Å². The quantitative estimate of drug-likeness (QED) is 0.389. The van der Waals surface area contributed by atoms with Crippen molar-refractivity contribution in [2.75, 3.05) is 49.7 Å². The third kappa shape index (κ3) is 5.36. The van der Waals surface area contributed by atoms with E-state index in [0.717, 1.165) is 49.8 Å². The Morgan fingerprint density at radius 2 is 1.65 bits per heavy atom. The fourth-order valence-corrected chi connectivity index (χ4v) is 4.75. The number of para-hydroxylation sites is 2. The van der Waals surface area contributed by atoms with Gasteiger partial charge in [-0.25, -0.2) is 4.90 Å². The Morgan fingerprint density at radius 3 is 2.35 bits per heavy atom. The zero-order chi connectivity index (χ0) is 23.9. The van der Waals surface area contributed by atoms with Gasteiger partial charge >= 0.3 is 0 Å². The van der Waals surface area contributed by atoms with Crippen LogP contribution in [0.5, 0.6) is 11.5 Å². The summed E-state index contributed by atoms with van der Waals surface area (Å²) in [4.78, 5) is 31.8. The van der Waals surface area contributed by atoms with Crippen molar-refractivity contribution >= 4 is 23.2 Å². The number of methoxy groups -OCH3 is 1. The second-order valence-corrected chi connectivity index (χ2v) is 8.89. The van der Waals surface area contributed by atoms with Crippen LogP contribution < -0.4 is 19.3 Å². The van der Waals surface area contributed by atoms with E-state index in [1.807, 2.05) is 30.3 Å². The number of ether oxygens (including phenoxy) is 2. The number of rotatable bonds is 10. The highest BCUT2D eigenvalue weighted by Crippen LogP contribution is 2.31. The Balaban J connectivity index is 1.33. The molecule has 0 N–H and O–H groups in total. The van der Waals surface area contributed by atoms with E-state index in [4.69, 9.17) is 9.47 Å². The van der Waals surface area contributed by atoms with Crippen molar-refractivity contribution in [1.82, 2.24) is 4.90 Å². The van der Waals surface area contributed by atoms with E-state index < -0.39 is 6.04 Å². The number of nitrogens with zero attached hydrogens (tertiary/aromatic N) is 3. The Morgan fingerprint density at radius 1 is 0.912 bits per heavy atom. The lowest BCUT2D eigenvalue weighted by molar-refractivity contribution is -0.123. The van der Waals surface area contributed by atoms with Crippen LogP contribution >= 0.6 is 0 Å². The highest BCUT2D eigenvalue weighted by molar-refractivity contribution is 6.22. The Bertz CT molecular complexity index is 970. The predicted octanol–water partition coefficient (Wildman–Crippen LogP) is 4.11.